The van der Waals surface area contributed by atoms with Gasteiger partial charge in [0.25, 0.3) is 0 Å². The highest BCUT2D eigenvalue weighted by molar-refractivity contribution is 9.10. The van der Waals surface area contributed by atoms with Gasteiger partial charge in [-0.15, -0.1) is 0 Å². The SMILES string of the molecule is CC(C)(C)c1ccc2c(c1)Cc1c-2ccc(C(C)(C)C)c1Br. The highest BCUT2D eigenvalue weighted by Gasteiger charge is 2.27. The van der Waals surface area contributed by atoms with Crippen molar-refractivity contribution in [2.24, 2.45) is 0 Å². The van der Waals surface area contributed by atoms with Gasteiger partial charge in [-0.05, 0) is 50.6 Å². The van der Waals surface area contributed by atoms with E-state index in [-0.39, 0.29) is 10.8 Å². The van der Waals surface area contributed by atoms with Gasteiger partial charge in [0.15, 0.2) is 0 Å². The number of benzene rings is 2. The molecule has 0 aromatic heterocycles. The molecule has 2 aromatic carbocycles. The number of hydrogen-bond acceptors (Lipinski definition) is 0. The third-order valence-electron chi connectivity index (χ3n) is 4.68. The molecule has 2 aromatic rings. The molecule has 1 aliphatic rings. The van der Waals surface area contributed by atoms with Gasteiger partial charge in [-0.3, -0.25) is 0 Å². The molecule has 1 aliphatic carbocycles. The summed E-state index contributed by atoms with van der Waals surface area (Å²) in [6.45, 7) is 13.7. The molecule has 0 fully saturated rings. The summed E-state index contributed by atoms with van der Waals surface area (Å²) in [5.74, 6) is 0. The molecular formula is C21H25Br. The summed E-state index contributed by atoms with van der Waals surface area (Å²) in [5, 5.41) is 0. The van der Waals surface area contributed by atoms with E-state index < -0.39 is 0 Å². The van der Waals surface area contributed by atoms with E-state index in [2.05, 4.69) is 87.8 Å². The first kappa shape index (κ1) is 15.8. The van der Waals surface area contributed by atoms with Crippen LogP contribution >= 0.6 is 15.9 Å². The van der Waals surface area contributed by atoms with Gasteiger partial charge in [-0.2, -0.15) is 0 Å². The summed E-state index contributed by atoms with van der Waals surface area (Å²) in [6.07, 6.45) is 1.04. The van der Waals surface area contributed by atoms with Crippen LogP contribution in [0.25, 0.3) is 11.1 Å². The molecule has 0 N–H and O–H groups in total. The van der Waals surface area contributed by atoms with Crippen LogP contribution in [-0.2, 0) is 17.3 Å². The van der Waals surface area contributed by atoms with Crippen LogP contribution in [0, 0.1) is 0 Å². The Labute approximate surface area is 143 Å². The molecule has 3 rings (SSSR count). The Balaban J connectivity index is 2.12. The van der Waals surface area contributed by atoms with E-state index in [1.165, 1.54) is 37.9 Å². The molecule has 0 atom stereocenters. The number of fused-ring (bicyclic) bond motifs is 3. The van der Waals surface area contributed by atoms with Crippen LogP contribution in [0.3, 0.4) is 0 Å². The lowest BCUT2D eigenvalue weighted by molar-refractivity contribution is 0.586. The Bertz CT molecular complexity index is 740. The van der Waals surface area contributed by atoms with E-state index in [9.17, 15) is 0 Å². The molecule has 0 unspecified atom stereocenters. The molecule has 0 radical (unpaired) electrons. The summed E-state index contributed by atoms with van der Waals surface area (Å²) in [5.41, 5.74) is 8.92. The van der Waals surface area contributed by atoms with Crippen molar-refractivity contribution in [2.75, 3.05) is 0 Å². The molecule has 0 bridgehead atoms. The molecule has 22 heavy (non-hydrogen) atoms. The van der Waals surface area contributed by atoms with Gasteiger partial charge in [0.2, 0.25) is 0 Å². The van der Waals surface area contributed by atoms with E-state index in [0.717, 1.165) is 6.42 Å². The second-order valence-corrected chi connectivity index (χ2v) is 9.29. The first-order valence-corrected chi connectivity index (χ1v) is 8.84. The van der Waals surface area contributed by atoms with E-state index in [1.54, 1.807) is 0 Å². The fraction of sp³-hybridized carbons (Fsp3) is 0.429. The molecule has 0 saturated carbocycles. The van der Waals surface area contributed by atoms with Crippen molar-refractivity contribution < 1.29 is 0 Å². The number of hydrogen-bond donors (Lipinski definition) is 0. The molecule has 0 nitrogen and oxygen atoms in total. The highest BCUT2D eigenvalue weighted by Crippen LogP contribution is 2.44. The second-order valence-electron chi connectivity index (χ2n) is 8.50. The zero-order chi connectivity index (χ0) is 16.3. The van der Waals surface area contributed by atoms with Crippen molar-refractivity contribution in [1.29, 1.82) is 0 Å². The van der Waals surface area contributed by atoms with Gasteiger partial charge in [0, 0.05) is 4.47 Å². The first-order valence-electron chi connectivity index (χ1n) is 8.04. The monoisotopic (exact) mass is 356 g/mol. The van der Waals surface area contributed by atoms with Gasteiger partial charge in [0.05, 0.1) is 0 Å². The van der Waals surface area contributed by atoms with Gasteiger partial charge < -0.3 is 0 Å². The van der Waals surface area contributed by atoms with E-state index in [0.29, 0.717) is 0 Å². The van der Waals surface area contributed by atoms with Crippen LogP contribution in [0.5, 0.6) is 0 Å². The molecular weight excluding hydrogens is 332 g/mol. The first-order chi connectivity index (χ1) is 10.1. The number of rotatable bonds is 0. The Kier molecular flexibility index (Phi) is 3.56. The summed E-state index contributed by atoms with van der Waals surface area (Å²) in [6, 6.07) is 11.6. The normalized spacial score (nSPS) is 14.0. The standard InChI is InChI=1S/C21H25Br/c1-20(2,3)14-7-8-15-13(11-14)12-17-16(15)9-10-18(19(17)22)21(4,5)6/h7-11H,12H2,1-6H3. The van der Waals surface area contributed by atoms with E-state index in [1.807, 2.05) is 0 Å². The minimum Gasteiger partial charge on any atom is -0.0579 e. The highest BCUT2D eigenvalue weighted by atomic mass is 79.9. The minimum absolute atomic E-state index is 0.166. The third-order valence-corrected chi connectivity index (χ3v) is 5.59. The molecule has 0 aliphatic heterocycles. The molecule has 1 heteroatoms. The smallest absolute Gasteiger partial charge is 0.0254 e. The average Bonchev–Trinajstić information content (AvgIpc) is 2.75. The molecule has 0 amide bonds. The zero-order valence-electron chi connectivity index (χ0n) is 14.5. The molecule has 0 spiro atoms. The van der Waals surface area contributed by atoms with Crippen LogP contribution in [0.4, 0.5) is 0 Å². The largest absolute Gasteiger partial charge is 0.0579 e. The van der Waals surface area contributed by atoms with Crippen molar-refractivity contribution in [3.8, 4) is 11.1 Å². The van der Waals surface area contributed by atoms with Crippen molar-refractivity contribution >= 4 is 15.9 Å². The number of halogens is 1. The maximum absolute atomic E-state index is 3.88. The average molecular weight is 357 g/mol. The van der Waals surface area contributed by atoms with Crippen LogP contribution in [-0.4, -0.2) is 0 Å². The summed E-state index contributed by atoms with van der Waals surface area (Å²) < 4.78 is 1.30. The lowest BCUT2D eigenvalue weighted by atomic mass is 9.85. The quantitative estimate of drug-likeness (QED) is 0.424. The van der Waals surface area contributed by atoms with Crippen LogP contribution < -0.4 is 0 Å². The predicted octanol–water partition coefficient (Wildman–Crippen LogP) is 6.62. The third kappa shape index (κ3) is 2.54. The van der Waals surface area contributed by atoms with Crippen LogP contribution in [0.15, 0.2) is 34.8 Å². The Hall–Kier alpha value is -1.08. The van der Waals surface area contributed by atoms with Gasteiger partial charge in [-0.1, -0.05) is 87.8 Å². The van der Waals surface area contributed by atoms with E-state index in [4.69, 9.17) is 0 Å². The van der Waals surface area contributed by atoms with Crippen molar-refractivity contribution in [3.05, 3.63) is 57.1 Å². The van der Waals surface area contributed by atoms with Crippen LogP contribution in [0.1, 0.15) is 63.8 Å². The predicted molar refractivity (Wildman–Crippen MR) is 99.8 cm³/mol. The van der Waals surface area contributed by atoms with E-state index >= 15 is 0 Å². The molecule has 0 saturated heterocycles. The zero-order valence-corrected chi connectivity index (χ0v) is 16.1. The fourth-order valence-corrected chi connectivity index (χ4v) is 4.37. The molecule has 0 heterocycles. The second kappa shape index (κ2) is 4.96. The Morgan fingerprint density at radius 2 is 1.45 bits per heavy atom. The van der Waals surface area contributed by atoms with Crippen molar-refractivity contribution in [1.82, 2.24) is 0 Å². The topological polar surface area (TPSA) is 0 Å². The fourth-order valence-electron chi connectivity index (χ4n) is 3.29. The lowest BCUT2D eigenvalue weighted by Crippen LogP contribution is -2.12. The van der Waals surface area contributed by atoms with Gasteiger partial charge >= 0.3 is 0 Å². The molecule has 116 valence electrons. The summed E-state index contributed by atoms with van der Waals surface area (Å²) in [7, 11) is 0. The van der Waals surface area contributed by atoms with Gasteiger partial charge in [-0.25, -0.2) is 0 Å². The Morgan fingerprint density at radius 1 is 0.818 bits per heavy atom. The Morgan fingerprint density at radius 3 is 2.05 bits per heavy atom. The maximum Gasteiger partial charge on any atom is 0.0254 e. The van der Waals surface area contributed by atoms with Crippen molar-refractivity contribution in [3.63, 3.8) is 0 Å². The van der Waals surface area contributed by atoms with Crippen molar-refractivity contribution in [2.45, 2.75) is 58.8 Å². The maximum atomic E-state index is 3.88. The summed E-state index contributed by atoms with van der Waals surface area (Å²) >= 11 is 3.88. The van der Waals surface area contributed by atoms with Crippen LogP contribution in [0.2, 0.25) is 0 Å². The summed E-state index contributed by atoms with van der Waals surface area (Å²) in [4.78, 5) is 0. The minimum atomic E-state index is 0.166. The van der Waals surface area contributed by atoms with Gasteiger partial charge in [0.1, 0.15) is 0 Å². The lowest BCUT2D eigenvalue weighted by Gasteiger charge is -2.22.